The molecule has 36 heavy (non-hydrogen) atoms. The molecule has 0 aliphatic carbocycles. The zero-order chi connectivity index (χ0) is 25.2. The smallest absolute Gasteiger partial charge is 0.255 e. The number of ether oxygens (including phenoxy) is 2. The van der Waals surface area contributed by atoms with Crippen LogP contribution in [0, 0.1) is 6.92 Å². The maximum absolute atomic E-state index is 13.3. The third kappa shape index (κ3) is 4.65. The minimum Gasteiger partial charge on any atom is -0.493 e. The van der Waals surface area contributed by atoms with Crippen molar-refractivity contribution in [2.24, 2.45) is 0 Å². The Morgan fingerprint density at radius 1 is 1.11 bits per heavy atom. The molecule has 3 heterocycles. The fourth-order valence-electron chi connectivity index (χ4n) is 4.57. The molecule has 0 bridgehead atoms. The summed E-state index contributed by atoms with van der Waals surface area (Å²) in [4.78, 5) is 20.2. The third-order valence-electron chi connectivity index (χ3n) is 6.52. The van der Waals surface area contributed by atoms with E-state index in [9.17, 15) is 4.79 Å². The van der Waals surface area contributed by atoms with Gasteiger partial charge < -0.3 is 18.9 Å². The van der Waals surface area contributed by atoms with E-state index in [1.165, 1.54) is 0 Å². The van der Waals surface area contributed by atoms with Crippen LogP contribution in [0.1, 0.15) is 39.9 Å². The first-order valence-electron chi connectivity index (χ1n) is 11.7. The Morgan fingerprint density at radius 2 is 1.81 bits per heavy atom. The lowest BCUT2D eigenvalue weighted by Crippen LogP contribution is -2.38. The van der Waals surface area contributed by atoms with Crippen LogP contribution in [0.5, 0.6) is 11.5 Å². The van der Waals surface area contributed by atoms with E-state index in [1.54, 1.807) is 37.7 Å². The van der Waals surface area contributed by atoms with Gasteiger partial charge in [0.1, 0.15) is 11.5 Å². The number of rotatable bonds is 6. The molecular formula is C27H26BrN3O4S. The molecule has 4 aromatic rings. The van der Waals surface area contributed by atoms with Crippen molar-refractivity contribution in [3.63, 3.8) is 0 Å². The molecular weight excluding hydrogens is 542 g/mol. The zero-order valence-electron chi connectivity index (χ0n) is 20.3. The van der Waals surface area contributed by atoms with E-state index in [-0.39, 0.29) is 5.91 Å². The van der Waals surface area contributed by atoms with Crippen LogP contribution in [0.4, 0.5) is 0 Å². The second-order valence-electron chi connectivity index (χ2n) is 8.65. The molecule has 2 aromatic carbocycles. The molecule has 1 amide bonds. The Labute approximate surface area is 222 Å². The lowest BCUT2D eigenvalue weighted by Gasteiger charge is -2.31. The minimum absolute atomic E-state index is 0.0197. The Morgan fingerprint density at radius 3 is 2.50 bits per heavy atom. The molecule has 2 aromatic heterocycles. The fourth-order valence-corrected chi connectivity index (χ4v) is 6.05. The fraction of sp³-hybridized carbons (Fsp3) is 0.296. The van der Waals surface area contributed by atoms with E-state index in [2.05, 4.69) is 26.5 Å². The van der Waals surface area contributed by atoms with Gasteiger partial charge in [-0.3, -0.25) is 4.79 Å². The lowest BCUT2D eigenvalue weighted by molar-refractivity contribution is 0.0711. The van der Waals surface area contributed by atoms with Gasteiger partial charge in [0.05, 0.1) is 36.0 Å². The molecule has 1 fully saturated rings. The molecule has 0 spiro atoms. The number of benzene rings is 2. The molecule has 9 heteroatoms. The number of amides is 1. The third-order valence-corrected chi connectivity index (χ3v) is 8.19. The number of nitrogens with zero attached hydrogens (tertiary/aromatic N) is 3. The molecule has 0 saturated carbocycles. The second kappa shape index (κ2) is 10.4. The summed E-state index contributed by atoms with van der Waals surface area (Å²) in [5.41, 5.74) is 4.21. The standard InChI is InChI=1S/C27H26BrN3O4S/c1-16-24(25(30-35-16)17-7-5-4-6-8-17)21-15-36-26(29-21)18-9-11-31(12-10-18)27(32)19-13-22(33-2)23(34-3)14-20(19)28/h4-8,13-15,18H,9-12H2,1-3H3. The van der Waals surface area contributed by atoms with Crippen molar-refractivity contribution in [2.45, 2.75) is 25.7 Å². The van der Waals surface area contributed by atoms with Crippen molar-refractivity contribution in [3.8, 4) is 34.0 Å². The molecule has 1 saturated heterocycles. The van der Waals surface area contributed by atoms with E-state index < -0.39 is 0 Å². The quantitative estimate of drug-likeness (QED) is 0.262. The molecule has 1 aliphatic heterocycles. The van der Waals surface area contributed by atoms with Gasteiger partial charge in [-0.05, 0) is 47.8 Å². The molecule has 1 aliphatic rings. The van der Waals surface area contributed by atoms with Crippen LogP contribution in [-0.4, -0.2) is 48.3 Å². The van der Waals surface area contributed by atoms with Crippen molar-refractivity contribution < 1.29 is 18.8 Å². The number of carbonyl (C=O) groups is 1. The van der Waals surface area contributed by atoms with Crippen LogP contribution in [0.15, 0.2) is 56.8 Å². The van der Waals surface area contributed by atoms with Crippen molar-refractivity contribution in [1.29, 1.82) is 0 Å². The highest BCUT2D eigenvalue weighted by Gasteiger charge is 2.29. The predicted octanol–water partition coefficient (Wildman–Crippen LogP) is 6.57. The van der Waals surface area contributed by atoms with E-state index >= 15 is 0 Å². The van der Waals surface area contributed by atoms with Gasteiger partial charge >= 0.3 is 0 Å². The van der Waals surface area contributed by atoms with Gasteiger partial charge in [-0.2, -0.15) is 0 Å². The van der Waals surface area contributed by atoms with Crippen molar-refractivity contribution in [1.82, 2.24) is 15.0 Å². The first kappa shape index (κ1) is 24.5. The number of halogens is 1. The highest BCUT2D eigenvalue weighted by Crippen LogP contribution is 2.39. The van der Waals surface area contributed by atoms with Crippen LogP contribution in [0.3, 0.4) is 0 Å². The van der Waals surface area contributed by atoms with E-state index in [1.807, 2.05) is 42.2 Å². The lowest BCUT2D eigenvalue weighted by atomic mass is 9.96. The number of aromatic nitrogens is 2. The summed E-state index contributed by atoms with van der Waals surface area (Å²) in [6, 6.07) is 13.5. The molecule has 0 atom stereocenters. The summed E-state index contributed by atoms with van der Waals surface area (Å²) >= 11 is 5.18. The van der Waals surface area contributed by atoms with Gasteiger partial charge in [-0.25, -0.2) is 4.98 Å². The monoisotopic (exact) mass is 567 g/mol. The summed E-state index contributed by atoms with van der Waals surface area (Å²) in [6.45, 7) is 3.26. The van der Waals surface area contributed by atoms with Crippen molar-refractivity contribution >= 4 is 33.2 Å². The number of carbonyl (C=O) groups excluding carboxylic acids is 1. The SMILES string of the molecule is COc1cc(Br)c(C(=O)N2CCC(c3nc(-c4c(-c5ccccc5)noc4C)cs3)CC2)cc1OC. The predicted molar refractivity (Wildman–Crippen MR) is 143 cm³/mol. The maximum Gasteiger partial charge on any atom is 0.255 e. The average molecular weight is 568 g/mol. The number of aryl methyl sites for hydroxylation is 1. The van der Waals surface area contributed by atoms with Gasteiger partial charge in [0.2, 0.25) is 0 Å². The molecule has 5 rings (SSSR count). The van der Waals surface area contributed by atoms with E-state index in [0.29, 0.717) is 40.5 Å². The number of hydrogen-bond acceptors (Lipinski definition) is 7. The number of piperidine rings is 1. The summed E-state index contributed by atoms with van der Waals surface area (Å²) in [6.07, 6.45) is 1.72. The topological polar surface area (TPSA) is 77.7 Å². The van der Waals surface area contributed by atoms with Crippen LogP contribution >= 0.6 is 27.3 Å². The van der Waals surface area contributed by atoms with Crippen LogP contribution in [0.2, 0.25) is 0 Å². The average Bonchev–Trinajstić information content (AvgIpc) is 3.55. The Balaban J connectivity index is 1.30. The number of likely N-dealkylation sites (tertiary alicyclic amines) is 1. The Kier molecular flexibility index (Phi) is 7.11. The number of thiazole rings is 1. The molecule has 0 radical (unpaired) electrons. The first-order valence-corrected chi connectivity index (χ1v) is 13.4. The van der Waals surface area contributed by atoms with Gasteiger partial charge in [-0.15, -0.1) is 11.3 Å². The van der Waals surface area contributed by atoms with E-state index in [4.69, 9.17) is 19.0 Å². The van der Waals surface area contributed by atoms with E-state index in [0.717, 1.165) is 46.1 Å². The van der Waals surface area contributed by atoms with Gasteiger partial charge in [0.15, 0.2) is 11.5 Å². The minimum atomic E-state index is -0.0197. The van der Waals surface area contributed by atoms with Crippen molar-refractivity contribution in [3.05, 3.63) is 68.6 Å². The van der Waals surface area contributed by atoms with Crippen LogP contribution in [0.25, 0.3) is 22.5 Å². The maximum atomic E-state index is 13.3. The number of hydrogen-bond donors (Lipinski definition) is 0. The number of methoxy groups -OCH3 is 2. The molecule has 0 N–H and O–H groups in total. The largest absolute Gasteiger partial charge is 0.493 e. The highest BCUT2D eigenvalue weighted by atomic mass is 79.9. The molecule has 0 unspecified atom stereocenters. The second-order valence-corrected chi connectivity index (χ2v) is 10.4. The Bertz CT molecular complexity index is 1380. The van der Waals surface area contributed by atoms with Crippen LogP contribution < -0.4 is 9.47 Å². The van der Waals surface area contributed by atoms with Gasteiger partial charge in [-0.1, -0.05) is 35.5 Å². The first-order chi connectivity index (χ1) is 17.5. The summed E-state index contributed by atoms with van der Waals surface area (Å²) in [5, 5.41) is 7.47. The summed E-state index contributed by atoms with van der Waals surface area (Å²) in [5.74, 6) is 2.16. The van der Waals surface area contributed by atoms with Crippen LogP contribution in [-0.2, 0) is 0 Å². The Hall–Kier alpha value is -3.17. The molecule has 186 valence electrons. The summed E-state index contributed by atoms with van der Waals surface area (Å²) < 4.78 is 16.9. The zero-order valence-corrected chi connectivity index (χ0v) is 22.7. The van der Waals surface area contributed by atoms with Crippen molar-refractivity contribution in [2.75, 3.05) is 27.3 Å². The van der Waals surface area contributed by atoms with Gasteiger partial charge in [0, 0.05) is 34.4 Å². The highest BCUT2D eigenvalue weighted by molar-refractivity contribution is 9.10. The molecule has 7 nitrogen and oxygen atoms in total. The summed E-state index contributed by atoms with van der Waals surface area (Å²) in [7, 11) is 3.14. The van der Waals surface area contributed by atoms with Gasteiger partial charge in [0.25, 0.3) is 5.91 Å². The normalized spacial score (nSPS) is 14.2.